The second-order valence-electron chi connectivity index (χ2n) is 3.77. The van der Waals surface area contributed by atoms with E-state index >= 15 is 0 Å². The number of Topliss-reactive ketones (excluding diaryl/α,β-unsaturated/α-hetero) is 1. The molecule has 0 aliphatic heterocycles. The molecule has 1 rings (SSSR count). The van der Waals surface area contributed by atoms with Crippen molar-refractivity contribution in [2.75, 3.05) is 12.0 Å². The summed E-state index contributed by atoms with van der Waals surface area (Å²) >= 11 is 0. The summed E-state index contributed by atoms with van der Waals surface area (Å²) in [6, 6.07) is 7.33. The van der Waals surface area contributed by atoms with Gasteiger partial charge in [-0.3, -0.25) is 10.2 Å². The van der Waals surface area contributed by atoms with Crippen LogP contribution in [0.4, 0.5) is 5.69 Å². The summed E-state index contributed by atoms with van der Waals surface area (Å²) in [7, 11) is 0. The molecule has 0 atom stereocenters. The summed E-state index contributed by atoms with van der Waals surface area (Å²) in [6.45, 7) is 5.47. The van der Waals surface area contributed by atoms with Crippen LogP contribution in [0.5, 0.6) is 5.75 Å². The predicted molar refractivity (Wildman–Crippen MR) is 76.6 cm³/mol. The first-order valence-electron chi connectivity index (χ1n) is 5.91. The number of carbonyl (C=O) groups excluding carboxylic acids is 1. The first kappa shape index (κ1) is 14.7. The van der Waals surface area contributed by atoms with Gasteiger partial charge in [-0.15, -0.1) is 0 Å². The molecular formula is C13H18N4O2. The molecule has 0 bridgehead atoms. The van der Waals surface area contributed by atoms with Crippen LogP contribution in [0, 0.1) is 0 Å². The van der Waals surface area contributed by atoms with Gasteiger partial charge in [0.1, 0.15) is 11.5 Å². The largest absolute Gasteiger partial charge is 0.492 e. The molecule has 0 aliphatic carbocycles. The van der Waals surface area contributed by atoms with Crippen molar-refractivity contribution in [2.24, 2.45) is 16.0 Å². The highest BCUT2D eigenvalue weighted by Crippen LogP contribution is 2.23. The fourth-order valence-electron chi connectivity index (χ4n) is 1.43. The van der Waals surface area contributed by atoms with Crippen LogP contribution in [-0.4, -0.2) is 23.8 Å². The molecule has 0 amide bonds. The van der Waals surface area contributed by atoms with Gasteiger partial charge in [-0.05, 0) is 26.0 Å². The van der Waals surface area contributed by atoms with Crippen LogP contribution >= 0.6 is 0 Å². The van der Waals surface area contributed by atoms with Gasteiger partial charge in [-0.2, -0.15) is 10.2 Å². The van der Waals surface area contributed by atoms with Gasteiger partial charge in [0, 0.05) is 6.92 Å². The maximum Gasteiger partial charge on any atom is 0.181 e. The molecule has 0 radical (unpaired) electrons. The number of ether oxygens (including phenoxy) is 1. The van der Waals surface area contributed by atoms with Gasteiger partial charge >= 0.3 is 0 Å². The normalized spacial score (nSPS) is 12.2. The Bertz CT molecular complexity index is 509. The Morgan fingerprint density at radius 3 is 2.63 bits per heavy atom. The van der Waals surface area contributed by atoms with Crippen molar-refractivity contribution in [1.82, 2.24) is 0 Å². The van der Waals surface area contributed by atoms with E-state index in [-0.39, 0.29) is 11.5 Å². The average molecular weight is 262 g/mol. The molecule has 1 aromatic rings. The maximum absolute atomic E-state index is 11.4. The monoisotopic (exact) mass is 262 g/mol. The molecule has 102 valence electrons. The summed E-state index contributed by atoms with van der Waals surface area (Å²) in [5.74, 6) is 5.61. The zero-order valence-electron chi connectivity index (χ0n) is 11.3. The van der Waals surface area contributed by atoms with Crippen molar-refractivity contribution in [3.8, 4) is 5.75 Å². The van der Waals surface area contributed by atoms with Crippen molar-refractivity contribution >= 4 is 22.9 Å². The third kappa shape index (κ3) is 4.09. The highest BCUT2D eigenvalue weighted by molar-refractivity contribution is 6.66. The van der Waals surface area contributed by atoms with Gasteiger partial charge in [0.2, 0.25) is 0 Å². The first-order chi connectivity index (χ1) is 9.10. The lowest BCUT2D eigenvalue weighted by Crippen LogP contribution is -2.22. The zero-order valence-corrected chi connectivity index (χ0v) is 11.3. The molecule has 6 nitrogen and oxygen atoms in total. The minimum atomic E-state index is -0.215. The molecule has 19 heavy (non-hydrogen) atoms. The third-order valence-electron chi connectivity index (χ3n) is 2.34. The molecule has 0 heterocycles. The highest BCUT2D eigenvalue weighted by Gasteiger charge is 2.10. The van der Waals surface area contributed by atoms with Crippen molar-refractivity contribution < 1.29 is 9.53 Å². The lowest BCUT2D eigenvalue weighted by atomic mass is 10.2. The van der Waals surface area contributed by atoms with E-state index < -0.39 is 0 Å². The average Bonchev–Trinajstić information content (AvgIpc) is 2.40. The van der Waals surface area contributed by atoms with E-state index in [0.717, 1.165) is 0 Å². The summed E-state index contributed by atoms with van der Waals surface area (Å²) in [4.78, 5) is 11.4. The van der Waals surface area contributed by atoms with E-state index in [1.807, 2.05) is 25.1 Å². The number of nitrogens with one attached hydrogen (secondary N) is 1. The van der Waals surface area contributed by atoms with Crippen LogP contribution in [0.25, 0.3) is 0 Å². The number of hydrogen-bond acceptors (Lipinski definition) is 6. The number of para-hydroxylation sites is 2. The van der Waals surface area contributed by atoms with Crippen LogP contribution in [0.15, 0.2) is 34.5 Å². The lowest BCUT2D eigenvalue weighted by molar-refractivity contribution is -0.110. The number of rotatable bonds is 6. The van der Waals surface area contributed by atoms with Gasteiger partial charge in [0.05, 0.1) is 18.0 Å². The van der Waals surface area contributed by atoms with E-state index in [1.54, 1.807) is 13.0 Å². The fraction of sp³-hybridized carbons (Fsp3) is 0.308. The molecule has 0 fully saturated rings. The minimum absolute atomic E-state index is 0.189. The van der Waals surface area contributed by atoms with Crippen molar-refractivity contribution in [1.29, 1.82) is 0 Å². The quantitative estimate of drug-likeness (QED) is 0.464. The second kappa shape index (κ2) is 7.15. The summed E-state index contributed by atoms with van der Waals surface area (Å²) in [5, 5.41) is 7.51. The Morgan fingerprint density at radius 2 is 2.05 bits per heavy atom. The summed E-state index contributed by atoms with van der Waals surface area (Å²) in [6.07, 6.45) is 0. The van der Waals surface area contributed by atoms with Gasteiger partial charge in [-0.25, -0.2) is 0 Å². The topological polar surface area (TPSA) is 89.1 Å². The lowest BCUT2D eigenvalue weighted by Gasteiger charge is -2.09. The number of benzene rings is 1. The Morgan fingerprint density at radius 1 is 1.37 bits per heavy atom. The number of nitrogens with zero attached hydrogens (tertiary/aromatic N) is 2. The molecule has 0 unspecified atom stereocenters. The predicted octanol–water partition coefficient (Wildman–Crippen LogP) is 1.78. The summed E-state index contributed by atoms with van der Waals surface area (Å²) < 4.78 is 5.44. The van der Waals surface area contributed by atoms with E-state index in [4.69, 9.17) is 10.6 Å². The smallest absolute Gasteiger partial charge is 0.181 e. The van der Waals surface area contributed by atoms with Crippen molar-refractivity contribution in [2.45, 2.75) is 20.8 Å². The van der Waals surface area contributed by atoms with Gasteiger partial charge in [-0.1, -0.05) is 12.1 Å². The number of carbonyl (C=O) groups is 1. The van der Waals surface area contributed by atoms with Crippen LogP contribution in [0.2, 0.25) is 0 Å². The molecule has 0 aromatic heterocycles. The van der Waals surface area contributed by atoms with Crippen molar-refractivity contribution in [3.63, 3.8) is 0 Å². The maximum atomic E-state index is 11.4. The standard InChI is InChI=1S/C13H18N4O2/c1-4-19-12-8-6-5-7-11(12)16-17-13(10(3)18)9(2)15-14/h5-8,16H,4,14H2,1-3H3/b15-9-,17-13+. The summed E-state index contributed by atoms with van der Waals surface area (Å²) in [5.41, 5.74) is 4.03. The van der Waals surface area contributed by atoms with E-state index in [1.165, 1.54) is 6.92 Å². The molecule has 0 saturated carbocycles. The van der Waals surface area contributed by atoms with Gasteiger partial charge in [0.25, 0.3) is 0 Å². The zero-order chi connectivity index (χ0) is 14.3. The third-order valence-corrected chi connectivity index (χ3v) is 2.34. The van der Waals surface area contributed by atoms with Crippen LogP contribution in [0.3, 0.4) is 0 Å². The Balaban J connectivity index is 2.98. The Hall–Kier alpha value is -2.37. The molecule has 6 heteroatoms. The Kier molecular flexibility index (Phi) is 5.53. The number of hydrogen-bond donors (Lipinski definition) is 2. The Labute approximate surface area is 112 Å². The molecule has 0 saturated heterocycles. The van der Waals surface area contributed by atoms with E-state index in [9.17, 15) is 4.79 Å². The first-order valence-corrected chi connectivity index (χ1v) is 5.91. The second-order valence-corrected chi connectivity index (χ2v) is 3.77. The SMILES string of the molecule is CCOc1ccccc1N/N=C(C(C)=O)\C(C)=N/N. The van der Waals surface area contributed by atoms with Gasteiger partial charge in [0.15, 0.2) is 5.78 Å². The molecule has 0 spiro atoms. The highest BCUT2D eigenvalue weighted by atomic mass is 16.5. The van der Waals surface area contributed by atoms with E-state index in [0.29, 0.717) is 23.8 Å². The number of hydrazone groups is 2. The number of anilines is 1. The van der Waals surface area contributed by atoms with Crippen LogP contribution < -0.4 is 16.0 Å². The molecule has 1 aromatic carbocycles. The number of nitrogens with two attached hydrogens (primary N) is 1. The minimum Gasteiger partial charge on any atom is -0.492 e. The number of ketones is 1. The van der Waals surface area contributed by atoms with Crippen molar-refractivity contribution in [3.05, 3.63) is 24.3 Å². The molecule has 3 N–H and O–H groups in total. The van der Waals surface area contributed by atoms with Crippen LogP contribution in [0.1, 0.15) is 20.8 Å². The van der Waals surface area contributed by atoms with Gasteiger partial charge < -0.3 is 10.6 Å². The molecule has 0 aliphatic rings. The van der Waals surface area contributed by atoms with Crippen LogP contribution in [-0.2, 0) is 4.79 Å². The molecular weight excluding hydrogens is 244 g/mol. The van der Waals surface area contributed by atoms with E-state index in [2.05, 4.69) is 15.6 Å². The fourth-order valence-corrected chi connectivity index (χ4v) is 1.43.